The molecule has 2 amide bonds. The summed E-state index contributed by atoms with van der Waals surface area (Å²) in [6.07, 6.45) is 2.96. The van der Waals surface area contributed by atoms with Gasteiger partial charge in [-0.05, 0) is 62.8 Å². The van der Waals surface area contributed by atoms with Gasteiger partial charge >= 0.3 is 5.63 Å². The van der Waals surface area contributed by atoms with Crippen LogP contribution in [0.1, 0.15) is 50.7 Å². The molecule has 1 aromatic heterocycles. The molecule has 1 unspecified atom stereocenters. The van der Waals surface area contributed by atoms with Gasteiger partial charge in [0.05, 0.1) is 5.39 Å². The zero-order valence-electron chi connectivity index (χ0n) is 17.7. The van der Waals surface area contributed by atoms with Gasteiger partial charge in [0.2, 0.25) is 5.91 Å². The van der Waals surface area contributed by atoms with Crippen LogP contribution in [0.3, 0.4) is 0 Å². The first-order chi connectivity index (χ1) is 14.3. The van der Waals surface area contributed by atoms with Crippen LogP contribution < -0.4 is 15.7 Å². The SMILES string of the molecule is CCc1cc(=O)oc2cc(C)cc(OC(C)C(=O)N3CCC4(CCC(=O)N4)CC3)c12. The molecule has 0 radical (unpaired) electrons. The summed E-state index contributed by atoms with van der Waals surface area (Å²) in [5.74, 6) is 0.596. The number of amides is 2. The lowest BCUT2D eigenvalue weighted by Gasteiger charge is -2.40. The van der Waals surface area contributed by atoms with Crippen molar-refractivity contribution in [2.75, 3.05) is 13.1 Å². The van der Waals surface area contributed by atoms with E-state index in [0.717, 1.165) is 35.8 Å². The number of piperidine rings is 1. The summed E-state index contributed by atoms with van der Waals surface area (Å²) in [5.41, 5.74) is 1.68. The maximum absolute atomic E-state index is 13.0. The normalized spacial score (nSPS) is 19.2. The van der Waals surface area contributed by atoms with E-state index in [1.54, 1.807) is 6.92 Å². The van der Waals surface area contributed by atoms with Gasteiger partial charge in [0.1, 0.15) is 11.3 Å². The molecule has 7 heteroatoms. The number of aryl methyl sites for hydroxylation is 2. The predicted molar refractivity (Wildman–Crippen MR) is 113 cm³/mol. The maximum Gasteiger partial charge on any atom is 0.336 e. The van der Waals surface area contributed by atoms with Crippen molar-refractivity contribution in [1.29, 1.82) is 0 Å². The number of hydrogen-bond acceptors (Lipinski definition) is 5. The van der Waals surface area contributed by atoms with E-state index in [0.29, 0.717) is 37.3 Å². The number of carbonyl (C=O) groups excluding carboxylic acids is 2. The Kier molecular flexibility index (Phi) is 5.30. The Morgan fingerprint density at radius 3 is 2.60 bits per heavy atom. The summed E-state index contributed by atoms with van der Waals surface area (Å²) in [6.45, 7) is 6.84. The van der Waals surface area contributed by atoms with Gasteiger partial charge in [0.15, 0.2) is 6.10 Å². The third-order valence-corrected chi connectivity index (χ3v) is 6.33. The molecule has 2 aliphatic heterocycles. The molecule has 2 fully saturated rings. The molecule has 30 heavy (non-hydrogen) atoms. The molecule has 2 saturated heterocycles. The van der Waals surface area contributed by atoms with E-state index >= 15 is 0 Å². The highest BCUT2D eigenvalue weighted by Gasteiger charge is 2.41. The van der Waals surface area contributed by atoms with Gasteiger partial charge < -0.3 is 19.4 Å². The number of nitrogens with zero attached hydrogens (tertiary/aromatic N) is 1. The Hall–Kier alpha value is -2.83. The predicted octanol–water partition coefficient (Wildman–Crippen LogP) is 2.70. The number of rotatable bonds is 4. The number of likely N-dealkylation sites (tertiary alicyclic amines) is 1. The molecular weight excluding hydrogens is 384 g/mol. The molecule has 0 saturated carbocycles. The fourth-order valence-electron chi connectivity index (χ4n) is 4.64. The molecule has 1 spiro atoms. The Bertz CT molecular complexity index is 1050. The lowest BCUT2D eigenvalue weighted by atomic mass is 9.86. The molecule has 2 aromatic rings. The van der Waals surface area contributed by atoms with Crippen LogP contribution in [0, 0.1) is 6.92 Å². The quantitative estimate of drug-likeness (QED) is 0.780. The molecule has 1 aromatic carbocycles. The van der Waals surface area contributed by atoms with Gasteiger partial charge in [-0.25, -0.2) is 4.79 Å². The van der Waals surface area contributed by atoms with E-state index in [-0.39, 0.29) is 23.0 Å². The largest absolute Gasteiger partial charge is 0.480 e. The number of carbonyl (C=O) groups is 2. The second-order valence-electron chi connectivity index (χ2n) is 8.49. The van der Waals surface area contributed by atoms with E-state index < -0.39 is 6.10 Å². The Morgan fingerprint density at radius 1 is 1.23 bits per heavy atom. The smallest absolute Gasteiger partial charge is 0.336 e. The molecule has 4 rings (SSSR count). The van der Waals surface area contributed by atoms with Crippen LogP contribution in [0.4, 0.5) is 0 Å². The van der Waals surface area contributed by atoms with E-state index in [1.165, 1.54) is 6.07 Å². The van der Waals surface area contributed by atoms with Crippen molar-refractivity contribution in [2.45, 2.75) is 64.5 Å². The van der Waals surface area contributed by atoms with Gasteiger partial charge in [0, 0.05) is 31.1 Å². The van der Waals surface area contributed by atoms with Crippen LogP contribution in [0.5, 0.6) is 5.75 Å². The summed E-state index contributed by atoms with van der Waals surface area (Å²) in [6, 6.07) is 5.18. The van der Waals surface area contributed by atoms with Crippen molar-refractivity contribution in [3.05, 3.63) is 39.7 Å². The van der Waals surface area contributed by atoms with E-state index in [4.69, 9.17) is 9.15 Å². The van der Waals surface area contributed by atoms with E-state index in [2.05, 4.69) is 5.32 Å². The summed E-state index contributed by atoms with van der Waals surface area (Å²) < 4.78 is 11.5. The lowest BCUT2D eigenvalue weighted by Crippen LogP contribution is -2.54. The minimum absolute atomic E-state index is 0.0701. The van der Waals surface area contributed by atoms with Crippen molar-refractivity contribution >= 4 is 22.8 Å². The first-order valence-corrected chi connectivity index (χ1v) is 10.6. The van der Waals surface area contributed by atoms with Gasteiger partial charge in [0.25, 0.3) is 5.91 Å². The lowest BCUT2D eigenvalue weighted by molar-refractivity contribution is -0.139. The van der Waals surface area contributed by atoms with Gasteiger partial charge in [-0.2, -0.15) is 0 Å². The molecular formula is C23H28N2O5. The van der Waals surface area contributed by atoms with Gasteiger partial charge in [-0.15, -0.1) is 0 Å². The highest BCUT2D eigenvalue weighted by molar-refractivity contribution is 5.88. The van der Waals surface area contributed by atoms with E-state index in [1.807, 2.05) is 30.9 Å². The minimum Gasteiger partial charge on any atom is -0.480 e. The number of fused-ring (bicyclic) bond motifs is 1. The highest BCUT2D eigenvalue weighted by atomic mass is 16.5. The average Bonchev–Trinajstić information content (AvgIpc) is 3.06. The van der Waals surface area contributed by atoms with Gasteiger partial charge in [-0.1, -0.05) is 6.92 Å². The molecule has 0 aliphatic carbocycles. The number of hydrogen-bond donors (Lipinski definition) is 1. The standard InChI is InChI=1S/C23H28N2O5/c1-4-16-13-20(27)30-18-12-14(2)11-17(21(16)18)29-15(3)22(28)25-9-7-23(8-10-25)6-5-19(26)24-23/h11-13,15H,4-10H2,1-3H3,(H,24,26). The third-order valence-electron chi connectivity index (χ3n) is 6.33. The van der Waals surface area contributed by atoms with Crippen molar-refractivity contribution < 1.29 is 18.7 Å². The minimum atomic E-state index is -0.668. The second-order valence-corrected chi connectivity index (χ2v) is 8.49. The fraction of sp³-hybridized carbons (Fsp3) is 0.522. The van der Waals surface area contributed by atoms with Crippen LogP contribution in [0.15, 0.2) is 27.4 Å². The highest BCUT2D eigenvalue weighted by Crippen LogP contribution is 2.33. The topological polar surface area (TPSA) is 88.8 Å². The summed E-state index contributed by atoms with van der Waals surface area (Å²) >= 11 is 0. The number of ether oxygens (including phenoxy) is 1. The third kappa shape index (κ3) is 3.80. The van der Waals surface area contributed by atoms with Crippen LogP contribution in [-0.4, -0.2) is 41.4 Å². The van der Waals surface area contributed by atoms with Crippen molar-refractivity contribution in [2.24, 2.45) is 0 Å². The van der Waals surface area contributed by atoms with Gasteiger partial charge in [-0.3, -0.25) is 9.59 Å². The zero-order valence-corrected chi connectivity index (χ0v) is 17.7. The van der Waals surface area contributed by atoms with Crippen molar-refractivity contribution in [3.63, 3.8) is 0 Å². The zero-order chi connectivity index (χ0) is 21.5. The van der Waals surface area contributed by atoms with Crippen LogP contribution in [-0.2, 0) is 16.0 Å². The van der Waals surface area contributed by atoms with Crippen LogP contribution >= 0.6 is 0 Å². The number of benzene rings is 1. The van der Waals surface area contributed by atoms with Crippen molar-refractivity contribution in [1.82, 2.24) is 10.2 Å². The monoisotopic (exact) mass is 412 g/mol. The molecule has 0 bridgehead atoms. The molecule has 3 heterocycles. The van der Waals surface area contributed by atoms with Crippen LogP contribution in [0.2, 0.25) is 0 Å². The first-order valence-electron chi connectivity index (χ1n) is 10.6. The summed E-state index contributed by atoms with van der Waals surface area (Å²) in [4.78, 5) is 38.3. The first kappa shape index (κ1) is 20.4. The van der Waals surface area contributed by atoms with Crippen molar-refractivity contribution in [3.8, 4) is 5.75 Å². The van der Waals surface area contributed by atoms with E-state index in [9.17, 15) is 14.4 Å². The van der Waals surface area contributed by atoms with Crippen LogP contribution in [0.25, 0.3) is 11.0 Å². The molecule has 160 valence electrons. The number of nitrogens with one attached hydrogen (secondary N) is 1. The molecule has 1 N–H and O–H groups in total. The Balaban J connectivity index is 1.52. The maximum atomic E-state index is 13.0. The summed E-state index contributed by atoms with van der Waals surface area (Å²) in [5, 5.41) is 3.84. The Morgan fingerprint density at radius 2 is 1.97 bits per heavy atom. The summed E-state index contributed by atoms with van der Waals surface area (Å²) in [7, 11) is 0. The molecule has 2 aliphatic rings. The fourth-order valence-corrected chi connectivity index (χ4v) is 4.64. The molecule has 1 atom stereocenters. The average molecular weight is 412 g/mol. The second kappa shape index (κ2) is 7.78. The molecule has 7 nitrogen and oxygen atoms in total. The Labute approximate surface area is 175 Å².